The van der Waals surface area contributed by atoms with E-state index in [4.69, 9.17) is 9.47 Å². The average Bonchev–Trinajstić information content (AvgIpc) is 3.91. The molecule has 5 amide bonds. The van der Waals surface area contributed by atoms with Crippen molar-refractivity contribution in [2.45, 2.75) is 129 Å². The summed E-state index contributed by atoms with van der Waals surface area (Å²) < 4.78 is 12.0. The lowest BCUT2D eigenvalue weighted by molar-refractivity contribution is -0.148. The first-order chi connectivity index (χ1) is 27.0. The SMILES string of the molecule is CC[C@H](C)[C@@H]([C@@H](CC(=O)N1CCC[C@H]1[C@H](OC)C(C)C(=O)N[C@@H](Cc1ccccc1)C(=O)NCc1cn[nH]n1)OC)N(C)C(=O)[C@@H](NC(=O)C(C)(C)NC)C(C)C. The van der Waals surface area contributed by atoms with Crippen LogP contribution in [-0.2, 0) is 46.4 Å². The van der Waals surface area contributed by atoms with Crippen LogP contribution in [0.4, 0.5) is 0 Å². The van der Waals surface area contributed by atoms with Gasteiger partial charge in [0.2, 0.25) is 29.5 Å². The number of aromatic amines is 1. The van der Waals surface area contributed by atoms with Gasteiger partial charge in [-0.3, -0.25) is 24.0 Å². The fraction of sp³-hybridized carbons (Fsp3) is 0.683. The topological polar surface area (TPSA) is 200 Å². The number of H-pyrrole nitrogens is 1. The van der Waals surface area contributed by atoms with Crippen LogP contribution in [-0.4, -0.2) is 132 Å². The van der Waals surface area contributed by atoms with Crippen LogP contribution in [0.3, 0.4) is 0 Å². The van der Waals surface area contributed by atoms with Crippen LogP contribution in [0, 0.1) is 17.8 Å². The van der Waals surface area contributed by atoms with Gasteiger partial charge in [0.15, 0.2) is 0 Å². The standard InChI is InChI=1S/C41H67N9O7/c1-12-26(4)35(49(9)39(54)34(25(2)3)46-40(55)41(6,7)42-8)32(56-10)22-33(51)50-20-16-19-31(50)36(57-11)27(5)37(52)45-30(21-28-17-14-13-15-18-28)38(53)43-23-29-24-44-48-47-29/h13-15,17-18,24-27,30-32,34-36,42H,12,16,19-23H2,1-11H3,(H,43,53)(H,45,52)(H,46,55)(H,44,47,48)/t26-,27?,30-,31-,32+,34-,35-,36+/m0/s1. The summed E-state index contributed by atoms with van der Waals surface area (Å²) in [6.45, 7) is 13.7. The number of amides is 5. The Kier molecular flexibility index (Phi) is 18.1. The van der Waals surface area contributed by atoms with Gasteiger partial charge in [0, 0.05) is 34.2 Å². The van der Waals surface area contributed by atoms with Gasteiger partial charge in [0.1, 0.15) is 17.8 Å². The Morgan fingerprint density at radius 2 is 1.70 bits per heavy atom. The van der Waals surface area contributed by atoms with Gasteiger partial charge in [-0.2, -0.15) is 15.4 Å². The number of carbonyl (C=O) groups is 5. The molecule has 1 unspecified atom stereocenters. The average molecular weight is 798 g/mol. The zero-order valence-corrected chi connectivity index (χ0v) is 35.8. The quantitative estimate of drug-likeness (QED) is 0.118. The molecule has 5 N–H and O–H groups in total. The van der Waals surface area contributed by atoms with Crippen molar-refractivity contribution >= 4 is 29.5 Å². The summed E-state index contributed by atoms with van der Waals surface area (Å²) in [5, 5.41) is 22.0. The lowest BCUT2D eigenvalue weighted by Crippen LogP contribution is -2.61. The molecule has 3 rings (SSSR count). The van der Waals surface area contributed by atoms with Gasteiger partial charge < -0.3 is 40.5 Å². The molecule has 16 nitrogen and oxygen atoms in total. The molecule has 8 atom stereocenters. The van der Waals surface area contributed by atoms with E-state index >= 15 is 0 Å². The van der Waals surface area contributed by atoms with E-state index in [-0.39, 0.29) is 60.8 Å². The number of hydrogen-bond donors (Lipinski definition) is 5. The van der Waals surface area contributed by atoms with Crippen molar-refractivity contribution in [2.24, 2.45) is 17.8 Å². The minimum Gasteiger partial charge on any atom is -0.379 e. The van der Waals surface area contributed by atoms with E-state index in [1.54, 1.807) is 51.8 Å². The van der Waals surface area contributed by atoms with E-state index < -0.39 is 47.8 Å². The molecule has 1 aromatic heterocycles. The minimum absolute atomic E-state index is 0.00697. The number of rotatable bonds is 22. The predicted molar refractivity (Wildman–Crippen MR) is 216 cm³/mol. The molecule has 318 valence electrons. The summed E-state index contributed by atoms with van der Waals surface area (Å²) in [6.07, 6.45) is 2.51. The number of hydrogen-bond acceptors (Lipinski definition) is 10. The number of carbonyl (C=O) groups excluding carboxylic acids is 5. The van der Waals surface area contributed by atoms with Gasteiger partial charge in [-0.15, -0.1) is 0 Å². The molecule has 0 radical (unpaired) electrons. The maximum absolute atomic E-state index is 14.3. The molecular formula is C41H67N9O7. The first kappa shape index (κ1) is 47.0. The van der Waals surface area contributed by atoms with Crippen LogP contribution in [0.2, 0.25) is 0 Å². The molecule has 16 heteroatoms. The molecule has 1 saturated heterocycles. The molecule has 1 aliphatic rings. The molecule has 1 aliphatic heterocycles. The van der Waals surface area contributed by atoms with Gasteiger partial charge >= 0.3 is 0 Å². The largest absolute Gasteiger partial charge is 0.379 e. The Hall–Kier alpha value is -4.41. The second-order valence-electron chi connectivity index (χ2n) is 16.1. The number of ether oxygens (including phenoxy) is 2. The molecule has 0 spiro atoms. The highest BCUT2D eigenvalue weighted by Gasteiger charge is 2.43. The number of methoxy groups -OCH3 is 2. The highest BCUT2D eigenvalue weighted by Crippen LogP contribution is 2.30. The second kappa shape index (κ2) is 21.9. The number of likely N-dealkylation sites (N-methyl/N-ethyl adjacent to an activating group) is 2. The summed E-state index contributed by atoms with van der Waals surface area (Å²) >= 11 is 0. The summed E-state index contributed by atoms with van der Waals surface area (Å²) in [7, 11) is 6.47. The van der Waals surface area contributed by atoms with Gasteiger partial charge in [0.05, 0.1) is 54.9 Å². The van der Waals surface area contributed by atoms with Crippen LogP contribution in [0.5, 0.6) is 0 Å². The van der Waals surface area contributed by atoms with E-state index in [1.807, 2.05) is 58.0 Å². The highest BCUT2D eigenvalue weighted by atomic mass is 16.5. The third-order valence-electron chi connectivity index (χ3n) is 11.5. The van der Waals surface area contributed by atoms with Crippen molar-refractivity contribution in [2.75, 3.05) is 34.9 Å². The van der Waals surface area contributed by atoms with Crippen molar-refractivity contribution in [3.63, 3.8) is 0 Å². The van der Waals surface area contributed by atoms with Gasteiger partial charge in [-0.05, 0) is 51.1 Å². The Bertz CT molecular complexity index is 1590. The van der Waals surface area contributed by atoms with E-state index in [1.165, 1.54) is 13.3 Å². The van der Waals surface area contributed by atoms with E-state index in [0.29, 0.717) is 18.7 Å². The van der Waals surface area contributed by atoms with Crippen LogP contribution < -0.4 is 21.3 Å². The van der Waals surface area contributed by atoms with Crippen LogP contribution >= 0.6 is 0 Å². The summed E-state index contributed by atoms with van der Waals surface area (Å²) in [4.78, 5) is 72.3. The molecule has 1 fully saturated rings. The first-order valence-corrected chi connectivity index (χ1v) is 20.1. The molecular weight excluding hydrogens is 731 g/mol. The van der Waals surface area contributed by atoms with Gasteiger partial charge in [-0.25, -0.2) is 0 Å². The van der Waals surface area contributed by atoms with Crippen LogP contribution in [0.1, 0.15) is 85.4 Å². The van der Waals surface area contributed by atoms with Crippen LogP contribution in [0.15, 0.2) is 36.5 Å². The molecule has 0 bridgehead atoms. The number of aromatic nitrogens is 3. The zero-order chi connectivity index (χ0) is 42.4. The maximum atomic E-state index is 14.3. The number of nitrogens with zero attached hydrogens (tertiary/aromatic N) is 4. The van der Waals surface area contributed by atoms with Crippen LogP contribution in [0.25, 0.3) is 0 Å². The van der Waals surface area contributed by atoms with Crippen molar-refractivity contribution in [1.82, 2.24) is 46.5 Å². The molecule has 0 saturated carbocycles. The smallest absolute Gasteiger partial charge is 0.245 e. The Balaban J connectivity index is 1.78. The predicted octanol–water partition coefficient (Wildman–Crippen LogP) is 2.21. The van der Waals surface area contributed by atoms with Crippen molar-refractivity contribution < 1.29 is 33.4 Å². The van der Waals surface area contributed by atoms with Crippen molar-refractivity contribution in [3.8, 4) is 0 Å². The summed E-state index contributed by atoms with van der Waals surface area (Å²) in [5.74, 6) is -2.45. The van der Waals surface area contributed by atoms with E-state index in [2.05, 4.69) is 36.7 Å². The summed E-state index contributed by atoms with van der Waals surface area (Å²) in [6, 6.07) is 6.86. The molecule has 0 aliphatic carbocycles. The Morgan fingerprint density at radius 1 is 1.02 bits per heavy atom. The minimum atomic E-state index is -0.883. The zero-order valence-electron chi connectivity index (χ0n) is 35.8. The monoisotopic (exact) mass is 798 g/mol. The first-order valence-electron chi connectivity index (χ1n) is 20.1. The number of benzene rings is 1. The molecule has 57 heavy (non-hydrogen) atoms. The fourth-order valence-corrected chi connectivity index (χ4v) is 7.45. The fourth-order valence-electron chi connectivity index (χ4n) is 7.45. The normalized spacial score (nSPS) is 18.2. The Morgan fingerprint density at radius 3 is 2.26 bits per heavy atom. The van der Waals surface area contributed by atoms with E-state index in [9.17, 15) is 24.0 Å². The third kappa shape index (κ3) is 12.5. The second-order valence-corrected chi connectivity index (χ2v) is 16.1. The lowest BCUT2D eigenvalue weighted by Gasteiger charge is -2.41. The third-order valence-corrected chi connectivity index (χ3v) is 11.5. The lowest BCUT2D eigenvalue weighted by atomic mass is 9.89. The summed E-state index contributed by atoms with van der Waals surface area (Å²) in [5.41, 5.74) is 0.542. The highest BCUT2D eigenvalue weighted by molar-refractivity contribution is 5.92. The van der Waals surface area contributed by atoms with Gasteiger partial charge in [-0.1, -0.05) is 71.4 Å². The molecule has 2 aromatic rings. The number of nitrogens with one attached hydrogen (secondary N) is 5. The van der Waals surface area contributed by atoms with E-state index in [0.717, 1.165) is 18.4 Å². The maximum Gasteiger partial charge on any atom is 0.245 e. The van der Waals surface area contributed by atoms with Gasteiger partial charge in [0.25, 0.3) is 0 Å². The van der Waals surface area contributed by atoms with Crippen molar-refractivity contribution in [3.05, 3.63) is 47.8 Å². The molecule has 1 aromatic carbocycles. The van der Waals surface area contributed by atoms with Crippen molar-refractivity contribution in [1.29, 1.82) is 0 Å². The Labute approximate surface area is 338 Å². The molecule has 2 heterocycles. The number of likely N-dealkylation sites (tertiary alicyclic amines) is 1.